The molecule has 14 heavy (non-hydrogen) atoms. The van der Waals surface area contributed by atoms with Crippen LogP contribution >= 0.6 is 0 Å². The van der Waals surface area contributed by atoms with Gasteiger partial charge in [-0.1, -0.05) is 19.4 Å². The topological polar surface area (TPSA) is 46.5 Å². The summed E-state index contributed by atoms with van der Waals surface area (Å²) in [6.07, 6.45) is 4.74. The first-order valence-electron chi connectivity index (χ1n) is 5.17. The number of ether oxygens (including phenoxy) is 1. The van der Waals surface area contributed by atoms with E-state index in [1.54, 1.807) is 0 Å². The molecular formula is C11H20O3. The van der Waals surface area contributed by atoms with E-state index in [1.807, 2.05) is 6.92 Å². The van der Waals surface area contributed by atoms with E-state index >= 15 is 0 Å². The van der Waals surface area contributed by atoms with Gasteiger partial charge in [0.15, 0.2) is 0 Å². The van der Waals surface area contributed by atoms with E-state index in [0.717, 1.165) is 38.9 Å². The van der Waals surface area contributed by atoms with Crippen molar-refractivity contribution in [3.8, 4) is 0 Å². The average Bonchev–Trinajstić information content (AvgIpc) is 2.16. The van der Waals surface area contributed by atoms with Crippen LogP contribution in [-0.2, 0) is 9.53 Å². The molecule has 0 saturated heterocycles. The number of carboxylic acids is 1. The fourth-order valence-electron chi connectivity index (χ4n) is 1.15. The number of hydrogen-bond donors (Lipinski definition) is 1. The lowest BCUT2D eigenvalue weighted by molar-refractivity contribution is -0.132. The lowest BCUT2D eigenvalue weighted by Crippen LogP contribution is -1.98. The van der Waals surface area contributed by atoms with Crippen molar-refractivity contribution in [3.05, 3.63) is 12.2 Å². The Bertz CT molecular complexity index is 175. The molecule has 0 aromatic carbocycles. The fraction of sp³-hybridized carbons (Fsp3) is 0.727. The van der Waals surface area contributed by atoms with Crippen LogP contribution in [0.2, 0.25) is 0 Å². The molecule has 0 unspecified atom stereocenters. The molecular weight excluding hydrogens is 180 g/mol. The predicted octanol–water partition coefficient (Wildman–Crippen LogP) is 2.61. The molecule has 0 bridgehead atoms. The van der Waals surface area contributed by atoms with Gasteiger partial charge in [-0.05, 0) is 26.2 Å². The van der Waals surface area contributed by atoms with Gasteiger partial charge in [0.05, 0.1) is 0 Å². The summed E-state index contributed by atoms with van der Waals surface area (Å²) < 4.78 is 5.19. The summed E-state index contributed by atoms with van der Waals surface area (Å²) in [7, 11) is 0. The smallest absolute Gasteiger partial charge is 0.330 e. The van der Waals surface area contributed by atoms with Crippen LogP contribution in [0.1, 0.15) is 39.0 Å². The Balaban J connectivity index is 3.13. The van der Waals surface area contributed by atoms with Crippen LogP contribution in [0.15, 0.2) is 12.2 Å². The van der Waals surface area contributed by atoms with Gasteiger partial charge in [0.25, 0.3) is 0 Å². The summed E-state index contributed by atoms with van der Waals surface area (Å²) in [5.41, 5.74) is 0.315. The van der Waals surface area contributed by atoms with Gasteiger partial charge in [0.1, 0.15) is 0 Å². The van der Waals surface area contributed by atoms with Gasteiger partial charge in [-0.3, -0.25) is 0 Å². The number of carbonyl (C=O) groups is 1. The molecule has 0 aliphatic rings. The Labute approximate surface area is 85.8 Å². The zero-order valence-corrected chi connectivity index (χ0v) is 8.92. The molecule has 3 nitrogen and oxygen atoms in total. The van der Waals surface area contributed by atoms with Gasteiger partial charge in [-0.25, -0.2) is 4.79 Å². The van der Waals surface area contributed by atoms with Crippen molar-refractivity contribution in [2.24, 2.45) is 0 Å². The van der Waals surface area contributed by atoms with Crippen molar-refractivity contribution in [2.45, 2.75) is 39.0 Å². The molecule has 0 spiro atoms. The van der Waals surface area contributed by atoms with Gasteiger partial charge in [0, 0.05) is 18.8 Å². The SMILES string of the molecule is C=C(CCCCCCOCC)C(=O)O. The molecule has 3 heteroatoms. The standard InChI is InChI=1S/C11H20O3/c1-3-14-9-7-5-4-6-8-10(2)11(12)13/h2-9H2,1H3,(H,12,13). The molecule has 0 atom stereocenters. The highest BCUT2D eigenvalue weighted by Crippen LogP contribution is 2.08. The second-order valence-corrected chi connectivity index (χ2v) is 3.27. The summed E-state index contributed by atoms with van der Waals surface area (Å²) in [5, 5.41) is 8.54. The molecule has 0 heterocycles. The third-order valence-corrected chi connectivity index (χ3v) is 2.02. The third-order valence-electron chi connectivity index (χ3n) is 2.02. The molecule has 0 aliphatic carbocycles. The van der Waals surface area contributed by atoms with Crippen molar-refractivity contribution < 1.29 is 14.6 Å². The predicted molar refractivity (Wildman–Crippen MR) is 56.4 cm³/mol. The highest BCUT2D eigenvalue weighted by atomic mass is 16.5. The Hall–Kier alpha value is -0.830. The van der Waals surface area contributed by atoms with E-state index in [4.69, 9.17) is 9.84 Å². The summed E-state index contributed by atoms with van der Waals surface area (Å²) in [5.74, 6) is -0.876. The largest absolute Gasteiger partial charge is 0.478 e. The Morgan fingerprint density at radius 2 is 1.93 bits per heavy atom. The molecule has 0 aliphatic heterocycles. The van der Waals surface area contributed by atoms with Gasteiger partial charge in [-0.15, -0.1) is 0 Å². The summed E-state index contributed by atoms with van der Waals surface area (Å²) in [4.78, 5) is 10.4. The van der Waals surface area contributed by atoms with E-state index in [0.29, 0.717) is 12.0 Å². The first kappa shape index (κ1) is 13.2. The molecule has 1 N–H and O–H groups in total. The monoisotopic (exact) mass is 200 g/mol. The van der Waals surface area contributed by atoms with Gasteiger partial charge in [0.2, 0.25) is 0 Å². The molecule has 0 radical (unpaired) electrons. The first-order chi connectivity index (χ1) is 6.68. The Kier molecular flexibility index (Phi) is 8.24. The van der Waals surface area contributed by atoms with Crippen LogP contribution in [0.25, 0.3) is 0 Å². The van der Waals surface area contributed by atoms with E-state index in [1.165, 1.54) is 0 Å². The van der Waals surface area contributed by atoms with Gasteiger partial charge < -0.3 is 9.84 Å². The van der Waals surface area contributed by atoms with Crippen LogP contribution in [0, 0.1) is 0 Å². The van der Waals surface area contributed by atoms with Crippen LogP contribution in [0.3, 0.4) is 0 Å². The minimum absolute atomic E-state index is 0.315. The van der Waals surface area contributed by atoms with Crippen LogP contribution < -0.4 is 0 Å². The molecule has 82 valence electrons. The van der Waals surface area contributed by atoms with Gasteiger partial charge >= 0.3 is 5.97 Å². The van der Waals surface area contributed by atoms with Crippen LogP contribution in [0.4, 0.5) is 0 Å². The molecule has 0 fully saturated rings. The van der Waals surface area contributed by atoms with Crippen molar-refractivity contribution >= 4 is 5.97 Å². The fourth-order valence-corrected chi connectivity index (χ4v) is 1.15. The second kappa shape index (κ2) is 8.75. The lowest BCUT2D eigenvalue weighted by atomic mass is 10.1. The maximum atomic E-state index is 10.4. The summed E-state index contributed by atoms with van der Waals surface area (Å²) >= 11 is 0. The average molecular weight is 200 g/mol. The Morgan fingerprint density at radius 3 is 2.50 bits per heavy atom. The maximum absolute atomic E-state index is 10.4. The number of hydrogen-bond acceptors (Lipinski definition) is 2. The van der Waals surface area contributed by atoms with E-state index < -0.39 is 5.97 Å². The first-order valence-corrected chi connectivity index (χ1v) is 5.17. The minimum Gasteiger partial charge on any atom is -0.478 e. The minimum atomic E-state index is -0.876. The third kappa shape index (κ3) is 7.80. The van der Waals surface area contributed by atoms with Crippen LogP contribution in [-0.4, -0.2) is 24.3 Å². The summed E-state index contributed by atoms with van der Waals surface area (Å²) in [6, 6.07) is 0. The molecule has 0 saturated carbocycles. The number of rotatable bonds is 9. The zero-order valence-electron chi connectivity index (χ0n) is 8.92. The second-order valence-electron chi connectivity index (χ2n) is 3.27. The van der Waals surface area contributed by atoms with Crippen molar-refractivity contribution in [2.75, 3.05) is 13.2 Å². The molecule has 0 rings (SSSR count). The zero-order chi connectivity index (χ0) is 10.8. The highest BCUT2D eigenvalue weighted by molar-refractivity contribution is 5.85. The normalized spacial score (nSPS) is 10.1. The van der Waals surface area contributed by atoms with E-state index in [-0.39, 0.29) is 0 Å². The van der Waals surface area contributed by atoms with E-state index in [9.17, 15) is 4.79 Å². The van der Waals surface area contributed by atoms with Crippen molar-refractivity contribution in [3.63, 3.8) is 0 Å². The highest BCUT2D eigenvalue weighted by Gasteiger charge is 2.02. The Morgan fingerprint density at radius 1 is 1.29 bits per heavy atom. The number of aliphatic carboxylic acids is 1. The van der Waals surface area contributed by atoms with Gasteiger partial charge in [-0.2, -0.15) is 0 Å². The van der Waals surface area contributed by atoms with Crippen LogP contribution in [0.5, 0.6) is 0 Å². The van der Waals surface area contributed by atoms with Crippen molar-refractivity contribution in [1.82, 2.24) is 0 Å². The van der Waals surface area contributed by atoms with E-state index in [2.05, 4.69) is 6.58 Å². The lowest BCUT2D eigenvalue weighted by Gasteiger charge is -2.02. The quantitative estimate of drug-likeness (QED) is 0.459. The molecule has 0 amide bonds. The number of unbranched alkanes of at least 4 members (excludes halogenated alkanes) is 3. The van der Waals surface area contributed by atoms with Crippen molar-refractivity contribution in [1.29, 1.82) is 0 Å². The maximum Gasteiger partial charge on any atom is 0.330 e. The molecule has 0 aromatic rings. The number of carboxylic acid groups (broad SMARTS) is 1. The molecule has 0 aromatic heterocycles. The summed E-state index contributed by atoms with van der Waals surface area (Å²) in [6.45, 7) is 7.05.